The molecule has 0 aliphatic rings. The first kappa shape index (κ1) is 13.1. The van der Waals surface area contributed by atoms with E-state index in [4.69, 9.17) is 0 Å². The van der Waals surface area contributed by atoms with Gasteiger partial charge in [-0.3, -0.25) is 4.21 Å². The lowest BCUT2D eigenvalue weighted by molar-refractivity contribution is 0.399. The Morgan fingerprint density at radius 1 is 1.31 bits per heavy atom. The van der Waals surface area contributed by atoms with E-state index >= 15 is 0 Å². The Morgan fingerprint density at radius 3 is 2.38 bits per heavy atom. The molecule has 0 bridgehead atoms. The summed E-state index contributed by atoms with van der Waals surface area (Å²) in [5, 5.41) is 3.41. The van der Waals surface area contributed by atoms with Crippen molar-refractivity contribution in [3.63, 3.8) is 0 Å². The Labute approximate surface area is 84.9 Å². The topological polar surface area (TPSA) is 29.1 Å². The predicted octanol–water partition coefficient (Wildman–Crippen LogP) is 1.78. The molecule has 0 aromatic carbocycles. The van der Waals surface area contributed by atoms with Crippen LogP contribution in [0.4, 0.5) is 0 Å². The molecule has 3 heteroatoms. The summed E-state index contributed by atoms with van der Waals surface area (Å²) in [4.78, 5) is 0. The van der Waals surface area contributed by atoms with Crippen molar-refractivity contribution < 1.29 is 4.21 Å². The van der Waals surface area contributed by atoms with E-state index < -0.39 is 10.8 Å². The summed E-state index contributed by atoms with van der Waals surface area (Å²) in [6, 6.07) is 0.541. The van der Waals surface area contributed by atoms with Crippen molar-refractivity contribution in [2.45, 2.75) is 40.2 Å². The standard InChI is InChI=1S/C10H23NOS/c1-5-9(3)10(4)11-7-8-13(12)6-2/h9-11H,5-8H2,1-4H3. The molecule has 0 aliphatic carbocycles. The van der Waals surface area contributed by atoms with Gasteiger partial charge in [0.05, 0.1) is 0 Å². The molecule has 0 heterocycles. The van der Waals surface area contributed by atoms with Crippen LogP contribution in [0.3, 0.4) is 0 Å². The monoisotopic (exact) mass is 205 g/mol. The Morgan fingerprint density at radius 2 is 1.92 bits per heavy atom. The minimum atomic E-state index is -0.621. The zero-order chi connectivity index (χ0) is 10.3. The summed E-state index contributed by atoms with van der Waals surface area (Å²) in [7, 11) is -0.621. The molecule has 0 amide bonds. The van der Waals surface area contributed by atoms with E-state index in [9.17, 15) is 4.21 Å². The quantitative estimate of drug-likeness (QED) is 0.686. The highest BCUT2D eigenvalue weighted by atomic mass is 32.2. The van der Waals surface area contributed by atoms with E-state index in [1.165, 1.54) is 6.42 Å². The van der Waals surface area contributed by atoms with E-state index in [0.29, 0.717) is 12.0 Å². The first-order valence-electron chi connectivity index (χ1n) is 5.20. The Hall–Kier alpha value is 0.110. The van der Waals surface area contributed by atoms with E-state index in [-0.39, 0.29) is 0 Å². The molecule has 0 aliphatic heterocycles. The number of hydrogen-bond acceptors (Lipinski definition) is 2. The minimum absolute atomic E-state index is 0.541. The molecule has 3 atom stereocenters. The third-order valence-corrected chi connectivity index (χ3v) is 3.92. The molecule has 0 saturated heterocycles. The number of rotatable bonds is 7. The molecule has 1 N–H and O–H groups in total. The zero-order valence-corrected chi connectivity index (χ0v) is 10.1. The van der Waals surface area contributed by atoms with Crippen LogP contribution in [0, 0.1) is 5.92 Å². The molecular formula is C10H23NOS. The van der Waals surface area contributed by atoms with E-state index in [1.54, 1.807) is 0 Å². The van der Waals surface area contributed by atoms with E-state index in [2.05, 4.69) is 26.1 Å². The smallest absolute Gasteiger partial charge is 0.0360 e. The summed E-state index contributed by atoms with van der Waals surface area (Å²) in [6.07, 6.45) is 1.20. The molecule has 0 rings (SSSR count). The molecule has 3 unspecified atom stereocenters. The molecular weight excluding hydrogens is 182 g/mol. The average molecular weight is 205 g/mol. The molecule has 0 aromatic rings. The maximum absolute atomic E-state index is 11.1. The Balaban J connectivity index is 3.47. The lowest BCUT2D eigenvalue weighted by atomic mass is 10.0. The summed E-state index contributed by atoms with van der Waals surface area (Å²) >= 11 is 0. The van der Waals surface area contributed by atoms with Crippen LogP contribution in [0.2, 0.25) is 0 Å². The second-order valence-corrected chi connectivity index (χ2v) is 5.43. The lowest BCUT2D eigenvalue weighted by Gasteiger charge is -2.19. The van der Waals surface area contributed by atoms with Crippen LogP contribution < -0.4 is 5.32 Å². The van der Waals surface area contributed by atoms with Gasteiger partial charge in [0, 0.05) is 34.9 Å². The van der Waals surface area contributed by atoms with Crippen molar-refractivity contribution in [2.75, 3.05) is 18.1 Å². The van der Waals surface area contributed by atoms with Crippen LogP contribution in [0.25, 0.3) is 0 Å². The fourth-order valence-corrected chi connectivity index (χ4v) is 1.73. The van der Waals surface area contributed by atoms with Crippen molar-refractivity contribution in [2.24, 2.45) is 5.92 Å². The van der Waals surface area contributed by atoms with Crippen LogP contribution in [0.1, 0.15) is 34.1 Å². The summed E-state index contributed by atoms with van der Waals surface area (Å²) in [5.74, 6) is 2.27. The van der Waals surface area contributed by atoms with Gasteiger partial charge in [-0.05, 0) is 12.8 Å². The first-order chi connectivity index (χ1) is 6.11. The van der Waals surface area contributed by atoms with Gasteiger partial charge in [-0.15, -0.1) is 0 Å². The number of hydrogen-bond donors (Lipinski definition) is 1. The van der Waals surface area contributed by atoms with E-state index in [1.807, 2.05) is 6.92 Å². The molecule has 0 spiro atoms. The summed E-state index contributed by atoms with van der Waals surface area (Å²) in [5.41, 5.74) is 0. The summed E-state index contributed by atoms with van der Waals surface area (Å²) < 4.78 is 11.1. The van der Waals surface area contributed by atoms with Crippen LogP contribution in [-0.2, 0) is 10.8 Å². The summed E-state index contributed by atoms with van der Waals surface area (Å²) in [6.45, 7) is 9.49. The van der Waals surface area contributed by atoms with Crippen molar-refractivity contribution in [1.82, 2.24) is 5.32 Å². The molecule has 0 aromatic heterocycles. The van der Waals surface area contributed by atoms with Gasteiger partial charge >= 0.3 is 0 Å². The highest BCUT2D eigenvalue weighted by Crippen LogP contribution is 2.05. The molecule has 2 nitrogen and oxygen atoms in total. The van der Waals surface area contributed by atoms with Gasteiger partial charge in [-0.25, -0.2) is 0 Å². The van der Waals surface area contributed by atoms with Crippen LogP contribution in [0.15, 0.2) is 0 Å². The number of nitrogens with one attached hydrogen (secondary N) is 1. The minimum Gasteiger partial charge on any atom is -0.313 e. The van der Waals surface area contributed by atoms with Crippen molar-refractivity contribution >= 4 is 10.8 Å². The van der Waals surface area contributed by atoms with Gasteiger partial charge in [0.15, 0.2) is 0 Å². The maximum Gasteiger partial charge on any atom is 0.0360 e. The van der Waals surface area contributed by atoms with E-state index in [0.717, 1.165) is 18.1 Å². The van der Waals surface area contributed by atoms with Gasteiger partial charge in [-0.2, -0.15) is 0 Å². The highest BCUT2D eigenvalue weighted by molar-refractivity contribution is 7.84. The first-order valence-corrected chi connectivity index (χ1v) is 6.68. The van der Waals surface area contributed by atoms with Crippen molar-refractivity contribution in [1.29, 1.82) is 0 Å². The second-order valence-electron chi connectivity index (χ2n) is 3.56. The second kappa shape index (κ2) is 7.51. The van der Waals surface area contributed by atoms with Crippen molar-refractivity contribution in [3.8, 4) is 0 Å². The highest BCUT2D eigenvalue weighted by Gasteiger charge is 2.08. The third kappa shape index (κ3) is 6.22. The molecule has 80 valence electrons. The van der Waals surface area contributed by atoms with Gasteiger partial charge in [0.2, 0.25) is 0 Å². The largest absolute Gasteiger partial charge is 0.313 e. The molecule has 0 fully saturated rings. The van der Waals surface area contributed by atoms with Gasteiger partial charge in [-0.1, -0.05) is 27.2 Å². The zero-order valence-electron chi connectivity index (χ0n) is 9.30. The molecule has 13 heavy (non-hydrogen) atoms. The van der Waals surface area contributed by atoms with Crippen LogP contribution in [0.5, 0.6) is 0 Å². The van der Waals surface area contributed by atoms with Gasteiger partial charge in [0.1, 0.15) is 0 Å². The predicted molar refractivity (Wildman–Crippen MR) is 60.5 cm³/mol. The lowest BCUT2D eigenvalue weighted by Crippen LogP contribution is -2.34. The fraction of sp³-hybridized carbons (Fsp3) is 1.00. The normalized spacial score (nSPS) is 18.2. The maximum atomic E-state index is 11.1. The Bertz CT molecular complexity index is 150. The fourth-order valence-electron chi connectivity index (χ4n) is 1.10. The Kier molecular flexibility index (Phi) is 7.57. The van der Waals surface area contributed by atoms with Crippen LogP contribution in [-0.4, -0.2) is 28.3 Å². The molecule has 0 saturated carbocycles. The molecule has 0 radical (unpaired) electrons. The SMILES string of the molecule is CCC(C)C(C)NCCS(=O)CC. The third-order valence-electron chi connectivity index (χ3n) is 2.62. The average Bonchev–Trinajstić information content (AvgIpc) is 2.15. The van der Waals surface area contributed by atoms with Gasteiger partial charge < -0.3 is 5.32 Å². The van der Waals surface area contributed by atoms with Gasteiger partial charge in [0.25, 0.3) is 0 Å². The van der Waals surface area contributed by atoms with Crippen molar-refractivity contribution in [3.05, 3.63) is 0 Å². The van der Waals surface area contributed by atoms with Crippen LogP contribution >= 0.6 is 0 Å².